The van der Waals surface area contributed by atoms with Gasteiger partial charge in [-0.3, -0.25) is 0 Å². The van der Waals surface area contributed by atoms with Gasteiger partial charge < -0.3 is 5.73 Å². The van der Waals surface area contributed by atoms with Crippen molar-refractivity contribution < 1.29 is 4.39 Å². The summed E-state index contributed by atoms with van der Waals surface area (Å²) in [4.78, 5) is 0. The summed E-state index contributed by atoms with van der Waals surface area (Å²) in [5, 5.41) is 0.140. The molecule has 0 radical (unpaired) electrons. The molecule has 0 aromatic heterocycles. The van der Waals surface area contributed by atoms with E-state index in [-0.39, 0.29) is 11.1 Å². The summed E-state index contributed by atoms with van der Waals surface area (Å²) < 4.78 is 13.0. The molecule has 1 aliphatic rings. The van der Waals surface area contributed by atoms with Crippen molar-refractivity contribution in [3.63, 3.8) is 0 Å². The van der Waals surface area contributed by atoms with Gasteiger partial charge in [0.25, 0.3) is 0 Å². The Morgan fingerprint density at radius 2 is 2.20 bits per heavy atom. The molecule has 0 saturated heterocycles. The number of nitrogens with two attached hydrogens (primary N) is 1. The van der Waals surface area contributed by atoms with Gasteiger partial charge in [0.2, 0.25) is 0 Å². The molecule has 3 heteroatoms. The molecular weight excluding hydrogens is 213 g/mol. The van der Waals surface area contributed by atoms with Crippen molar-refractivity contribution in [2.75, 3.05) is 0 Å². The molecule has 0 bridgehead atoms. The van der Waals surface area contributed by atoms with Crippen LogP contribution in [0.2, 0.25) is 5.02 Å². The summed E-state index contributed by atoms with van der Waals surface area (Å²) in [5.41, 5.74) is 8.19. The molecule has 1 atom stereocenters. The van der Waals surface area contributed by atoms with Gasteiger partial charge in [-0.2, -0.15) is 0 Å². The number of benzene rings is 1. The number of rotatable bonds is 2. The van der Waals surface area contributed by atoms with Crippen molar-refractivity contribution >= 4 is 11.6 Å². The summed E-state index contributed by atoms with van der Waals surface area (Å²) in [5.74, 6) is -0.395. The monoisotopic (exact) mass is 225 g/mol. The second-order valence-electron chi connectivity index (χ2n) is 3.82. The lowest BCUT2D eigenvalue weighted by Gasteiger charge is -2.13. The Hall–Kier alpha value is -0.860. The number of halogens is 2. The van der Waals surface area contributed by atoms with Gasteiger partial charge in [0, 0.05) is 0 Å². The van der Waals surface area contributed by atoms with Gasteiger partial charge in [-0.1, -0.05) is 29.3 Å². The first kappa shape index (κ1) is 10.7. The molecule has 0 fully saturated rings. The van der Waals surface area contributed by atoms with E-state index in [0.717, 1.165) is 24.8 Å². The minimum absolute atomic E-state index is 0.134. The van der Waals surface area contributed by atoms with E-state index in [2.05, 4.69) is 6.08 Å². The molecule has 2 rings (SSSR count). The van der Waals surface area contributed by atoms with E-state index < -0.39 is 5.82 Å². The van der Waals surface area contributed by atoms with Crippen LogP contribution in [0.3, 0.4) is 0 Å². The van der Waals surface area contributed by atoms with E-state index in [9.17, 15) is 4.39 Å². The third kappa shape index (κ3) is 2.21. The van der Waals surface area contributed by atoms with Gasteiger partial charge in [-0.05, 0) is 37.0 Å². The lowest BCUT2D eigenvalue weighted by atomic mass is 9.99. The predicted octanol–water partition coefficient (Wildman–Crippen LogP) is 3.59. The maximum atomic E-state index is 13.0. The molecule has 0 heterocycles. The Morgan fingerprint density at radius 3 is 2.80 bits per heavy atom. The molecule has 2 N–H and O–H groups in total. The topological polar surface area (TPSA) is 26.0 Å². The maximum absolute atomic E-state index is 13.0. The third-order valence-electron chi connectivity index (χ3n) is 2.78. The van der Waals surface area contributed by atoms with Gasteiger partial charge >= 0.3 is 0 Å². The minimum Gasteiger partial charge on any atom is -0.321 e. The van der Waals surface area contributed by atoms with Crippen molar-refractivity contribution in [2.24, 2.45) is 5.73 Å². The predicted molar refractivity (Wildman–Crippen MR) is 60.3 cm³/mol. The fourth-order valence-corrected chi connectivity index (χ4v) is 2.09. The number of hydrogen-bond acceptors (Lipinski definition) is 1. The SMILES string of the molecule is NC(C1=CCCC1)c1ccc(F)c(Cl)c1. The molecule has 1 aromatic rings. The summed E-state index contributed by atoms with van der Waals surface area (Å²) in [6, 6.07) is 4.55. The highest BCUT2D eigenvalue weighted by molar-refractivity contribution is 6.30. The first-order valence-corrected chi connectivity index (χ1v) is 5.46. The second-order valence-corrected chi connectivity index (χ2v) is 4.23. The highest BCUT2D eigenvalue weighted by atomic mass is 35.5. The van der Waals surface area contributed by atoms with Gasteiger partial charge in [-0.15, -0.1) is 0 Å². The Morgan fingerprint density at radius 1 is 1.40 bits per heavy atom. The Balaban J connectivity index is 2.25. The maximum Gasteiger partial charge on any atom is 0.141 e. The molecule has 0 amide bonds. The van der Waals surface area contributed by atoms with Crippen LogP contribution in [0.1, 0.15) is 30.9 Å². The van der Waals surface area contributed by atoms with E-state index in [4.69, 9.17) is 17.3 Å². The summed E-state index contributed by atoms with van der Waals surface area (Å²) in [6.07, 6.45) is 5.47. The summed E-state index contributed by atoms with van der Waals surface area (Å²) in [6.45, 7) is 0. The van der Waals surface area contributed by atoms with Crippen LogP contribution in [-0.4, -0.2) is 0 Å². The van der Waals surface area contributed by atoms with Crippen LogP contribution in [0.25, 0.3) is 0 Å². The highest BCUT2D eigenvalue weighted by Crippen LogP contribution is 2.30. The number of hydrogen-bond donors (Lipinski definition) is 1. The van der Waals surface area contributed by atoms with E-state index in [1.807, 2.05) is 0 Å². The van der Waals surface area contributed by atoms with Gasteiger partial charge in [0.05, 0.1) is 11.1 Å². The van der Waals surface area contributed by atoms with E-state index in [0.29, 0.717) is 0 Å². The number of allylic oxidation sites excluding steroid dienone is 1. The Bertz CT molecular complexity index is 401. The largest absolute Gasteiger partial charge is 0.321 e. The zero-order valence-corrected chi connectivity index (χ0v) is 9.10. The fourth-order valence-electron chi connectivity index (χ4n) is 1.90. The quantitative estimate of drug-likeness (QED) is 0.765. The summed E-state index contributed by atoms with van der Waals surface area (Å²) in [7, 11) is 0. The molecule has 0 aliphatic heterocycles. The van der Waals surface area contributed by atoms with Crippen LogP contribution in [0.4, 0.5) is 4.39 Å². The van der Waals surface area contributed by atoms with Crippen molar-refractivity contribution in [1.82, 2.24) is 0 Å². The van der Waals surface area contributed by atoms with Crippen LogP contribution < -0.4 is 5.73 Å². The minimum atomic E-state index is -0.395. The third-order valence-corrected chi connectivity index (χ3v) is 3.07. The lowest BCUT2D eigenvalue weighted by Crippen LogP contribution is -2.12. The molecule has 1 unspecified atom stereocenters. The van der Waals surface area contributed by atoms with Crippen LogP contribution in [-0.2, 0) is 0 Å². The first-order chi connectivity index (χ1) is 7.18. The van der Waals surface area contributed by atoms with E-state index in [1.54, 1.807) is 12.1 Å². The molecule has 0 spiro atoms. The van der Waals surface area contributed by atoms with Crippen LogP contribution in [0.5, 0.6) is 0 Å². The van der Waals surface area contributed by atoms with Gasteiger partial charge in [0.15, 0.2) is 0 Å². The van der Waals surface area contributed by atoms with Crippen LogP contribution in [0.15, 0.2) is 29.8 Å². The average Bonchev–Trinajstić information content (AvgIpc) is 2.74. The van der Waals surface area contributed by atoms with Crippen molar-refractivity contribution in [3.05, 3.63) is 46.3 Å². The smallest absolute Gasteiger partial charge is 0.141 e. The molecule has 80 valence electrons. The van der Waals surface area contributed by atoms with E-state index in [1.165, 1.54) is 11.6 Å². The lowest BCUT2D eigenvalue weighted by molar-refractivity contribution is 0.626. The first-order valence-electron chi connectivity index (χ1n) is 5.08. The molecule has 15 heavy (non-hydrogen) atoms. The average molecular weight is 226 g/mol. The molecule has 1 aliphatic carbocycles. The normalized spacial score (nSPS) is 17.7. The van der Waals surface area contributed by atoms with Crippen LogP contribution in [0, 0.1) is 5.82 Å². The van der Waals surface area contributed by atoms with Gasteiger partial charge in [0.1, 0.15) is 5.82 Å². The standard InChI is InChI=1S/C12H13ClFN/c13-10-7-9(5-6-11(10)14)12(15)8-3-1-2-4-8/h3,5-7,12H,1-2,4,15H2. The molecule has 0 saturated carbocycles. The van der Waals surface area contributed by atoms with Gasteiger partial charge in [-0.25, -0.2) is 4.39 Å². The van der Waals surface area contributed by atoms with E-state index >= 15 is 0 Å². The Kier molecular flexibility index (Phi) is 3.08. The van der Waals surface area contributed by atoms with Crippen molar-refractivity contribution in [1.29, 1.82) is 0 Å². The molecule has 1 nitrogen and oxygen atoms in total. The van der Waals surface area contributed by atoms with Crippen molar-refractivity contribution in [3.8, 4) is 0 Å². The van der Waals surface area contributed by atoms with Crippen molar-refractivity contribution in [2.45, 2.75) is 25.3 Å². The zero-order valence-electron chi connectivity index (χ0n) is 8.34. The Labute approximate surface area is 93.7 Å². The second kappa shape index (κ2) is 4.33. The zero-order chi connectivity index (χ0) is 10.8. The fraction of sp³-hybridized carbons (Fsp3) is 0.333. The molecular formula is C12H13ClFN. The molecule has 1 aromatic carbocycles. The highest BCUT2D eigenvalue weighted by Gasteiger charge is 2.15. The summed E-state index contributed by atoms with van der Waals surface area (Å²) >= 11 is 5.71. The van der Waals surface area contributed by atoms with Crippen LogP contribution >= 0.6 is 11.6 Å².